The summed E-state index contributed by atoms with van der Waals surface area (Å²) < 4.78 is 0. The van der Waals surface area contributed by atoms with Crippen molar-refractivity contribution in [3.63, 3.8) is 0 Å². The lowest BCUT2D eigenvalue weighted by Gasteiger charge is -2.24. The summed E-state index contributed by atoms with van der Waals surface area (Å²) in [5.74, 6) is 0. The number of amides is 2. The Kier molecular flexibility index (Phi) is 3.15. The second kappa shape index (κ2) is 4.58. The molecule has 0 aliphatic carbocycles. The van der Waals surface area contributed by atoms with Crippen LogP contribution in [-0.2, 0) is 0 Å². The van der Waals surface area contributed by atoms with Gasteiger partial charge in [-0.1, -0.05) is 29.8 Å². The molecule has 1 aliphatic heterocycles. The fourth-order valence-corrected chi connectivity index (χ4v) is 1.92. The number of hydrogen-bond acceptors (Lipinski definition) is 1. The maximum Gasteiger partial charge on any atom is 0.315 e. The van der Waals surface area contributed by atoms with E-state index in [1.807, 2.05) is 30.3 Å². The molecule has 2 amide bonds. The number of carbonyl (C=O) groups is 1. The molecule has 0 spiro atoms. The molecule has 3 nitrogen and oxygen atoms in total. The lowest BCUT2D eigenvalue weighted by Crippen LogP contribution is -2.38. The molecule has 0 atom stereocenters. The van der Waals surface area contributed by atoms with E-state index >= 15 is 0 Å². The van der Waals surface area contributed by atoms with E-state index < -0.39 is 0 Å². The molecule has 1 aromatic carbocycles. The third kappa shape index (κ3) is 2.36. The molecule has 0 fully saturated rings. The Balaban J connectivity index is 2.13. The van der Waals surface area contributed by atoms with Crippen LogP contribution in [0.4, 0.5) is 4.79 Å². The molecule has 1 aliphatic rings. The Labute approximate surface area is 99.5 Å². The molecule has 4 heteroatoms. The second-order valence-electron chi connectivity index (χ2n) is 3.77. The summed E-state index contributed by atoms with van der Waals surface area (Å²) >= 11 is 5.83. The van der Waals surface area contributed by atoms with Gasteiger partial charge in [-0.2, -0.15) is 0 Å². The van der Waals surface area contributed by atoms with Gasteiger partial charge < -0.3 is 10.6 Å². The van der Waals surface area contributed by atoms with Crippen LogP contribution in [0, 0.1) is 0 Å². The van der Waals surface area contributed by atoms with E-state index in [9.17, 15) is 4.79 Å². The second-order valence-corrected chi connectivity index (χ2v) is 4.21. The summed E-state index contributed by atoms with van der Waals surface area (Å²) in [6, 6.07) is 7.38. The molecule has 0 unspecified atom stereocenters. The van der Waals surface area contributed by atoms with Gasteiger partial charge in [0.15, 0.2) is 0 Å². The number of nitrogens with two attached hydrogens (primary N) is 1. The van der Waals surface area contributed by atoms with Crippen molar-refractivity contribution in [3.8, 4) is 0 Å². The van der Waals surface area contributed by atoms with E-state index in [-0.39, 0.29) is 6.03 Å². The fourth-order valence-electron chi connectivity index (χ4n) is 1.80. The average Bonchev–Trinajstić information content (AvgIpc) is 2.30. The number of rotatable bonds is 1. The zero-order chi connectivity index (χ0) is 11.5. The lowest BCUT2D eigenvalue weighted by molar-refractivity contribution is 0.213. The first-order chi connectivity index (χ1) is 7.66. The number of halogens is 1. The normalized spacial score (nSPS) is 15.8. The molecule has 0 bridgehead atoms. The van der Waals surface area contributed by atoms with Gasteiger partial charge in [0, 0.05) is 18.1 Å². The van der Waals surface area contributed by atoms with E-state index in [0.29, 0.717) is 13.1 Å². The summed E-state index contributed by atoms with van der Waals surface area (Å²) in [4.78, 5) is 12.6. The van der Waals surface area contributed by atoms with E-state index in [4.69, 9.17) is 17.3 Å². The van der Waals surface area contributed by atoms with E-state index in [1.54, 1.807) is 4.90 Å². The topological polar surface area (TPSA) is 46.3 Å². The maximum atomic E-state index is 10.9. The van der Waals surface area contributed by atoms with Gasteiger partial charge in [0.05, 0.1) is 0 Å². The van der Waals surface area contributed by atoms with Gasteiger partial charge in [0.2, 0.25) is 0 Å². The molecule has 1 aromatic rings. The molecule has 0 saturated carbocycles. The minimum Gasteiger partial charge on any atom is -0.351 e. The van der Waals surface area contributed by atoms with Crippen LogP contribution in [0.3, 0.4) is 0 Å². The molecule has 2 N–H and O–H groups in total. The van der Waals surface area contributed by atoms with Crippen molar-refractivity contribution in [3.05, 3.63) is 40.9 Å². The van der Waals surface area contributed by atoms with Crippen molar-refractivity contribution in [2.24, 2.45) is 5.73 Å². The Bertz CT molecular complexity index is 425. The number of nitrogens with zero attached hydrogens (tertiary/aromatic N) is 1. The predicted octanol–water partition coefficient (Wildman–Crippen LogP) is 2.51. The van der Waals surface area contributed by atoms with Crippen LogP contribution < -0.4 is 5.73 Å². The highest BCUT2D eigenvalue weighted by molar-refractivity contribution is 6.30. The first-order valence-electron chi connectivity index (χ1n) is 5.16. The molecule has 16 heavy (non-hydrogen) atoms. The molecule has 0 radical (unpaired) electrons. The summed E-state index contributed by atoms with van der Waals surface area (Å²) in [5, 5.41) is 0.735. The van der Waals surface area contributed by atoms with Crippen molar-refractivity contribution in [2.75, 3.05) is 13.1 Å². The molecule has 0 saturated heterocycles. The third-order valence-electron chi connectivity index (χ3n) is 2.74. The highest BCUT2D eigenvalue weighted by Crippen LogP contribution is 2.23. The molecule has 0 aromatic heterocycles. The van der Waals surface area contributed by atoms with Gasteiger partial charge in [0.1, 0.15) is 0 Å². The Morgan fingerprint density at radius 2 is 2.00 bits per heavy atom. The van der Waals surface area contributed by atoms with Gasteiger partial charge in [-0.3, -0.25) is 0 Å². The first kappa shape index (κ1) is 11.0. The van der Waals surface area contributed by atoms with Crippen LogP contribution in [-0.4, -0.2) is 24.0 Å². The van der Waals surface area contributed by atoms with E-state index in [0.717, 1.165) is 17.0 Å². The van der Waals surface area contributed by atoms with Crippen molar-refractivity contribution >= 4 is 23.2 Å². The smallest absolute Gasteiger partial charge is 0.315 e. The molecule has 1 heterocycles. The number of primary amides is 1. The van der Waals surface area contributed by atoms with E-state index in [1.165, 1.54) is 5.57 Å². The van der Waals surface area contributed by atoms with Gasteiger partial charge in [0.25, 0.3) is 0 Å². The zero-order valence-electron chi connectivity index (χ0n) is 8.82. The first-order valence-corrected chi connectivity index (χ1v) is 5.54. The Hall–Kier alpha value is -1.48. The van der Waals surface area contributed by atoms with Crippen molar-refractivity contribution in [2.45, 2.75) is 6.42 Å². The number of hydrogen-bond donors (Lipinski definition) is 1. The minimum atomic E-state index is -0.355. The summed E-state index contributed by atoms with van der Waals surface area (Å²) in [5.41, 5.74) is 7.62. The fraction of sp³-hybridized carbons (Fsp3) is 0.250. The van der Waals surface area contributed by atoms with Gasteiger partial charge in [-0.15, -0.1) is 0 Å². The highest BCUT2D eigenvalue weighted by Gasteiger charge is 2.14. The van der Waals surface area contributed by atoms with Crippen LogP contribution >= 0.6 is 11.6 Å². The van der Waals surface area contributed by atoms with Gasteiger partial charge >= 0.3 is 6.03 Å². The number of urea groups is 1. The van der Waals surface area contributed by atoms with Crippen molar-refractivity contribution in [1.82, 2.24) is 4.90 Å². The molecular weight excluding hydrogens is 224 g/mol. The molecular formula is C12H13ClN2O. The number of benzene rings is 1. The van der Waals surface area contributed by atoms with Crippen LogP contribution in [0.1, 0.15) is 12.0 Å². The van der Waals surface area contributed by atoms with Crippen molar-refractivity contribution in [1.29, 1.82) is 0 Å². The van der Waals surface area contributed by atoms with Crippen LogP contribution in [0.25, 0.3) is 5.57 Å². The Morgan fingerprint density at radius 1 is 1.31 bits per heavy atom. The SMILES string of the molecule is NC(=O)N1CC=C(c2ccc(Cl)cc2)CC1. The number of carbonyl (C=O) groups excluding carboxylic acids is 1. The molecule has 2 rings (SSSR count). The largest absolute Gasteiger partial charge is 0.351 e. The summed E-state index contributed by atoms with van der Waals surface area (Å²) in [6.45, 7) is 1.27. The highest BCUT2D eigenvalue weighted by atomic mass is 35.5. The van der Waals surface area contributed by atoms with Gasteiger partial charge in [-0.05, 0) is 29.7 Å². The standard InChI is InChI=1S/C12H13ClN2O/c13-11-3-1-9(2-4-11)10-5-7-15(8-6-10)12(14)16/h1-5H,6-8H2,(H2,14,16). The monoisotopic (exact) mass is 236 g/mol. The summed E-state index contributed by atoms with van der Waals surface area (Å²) in [7, 11) is 0. The quantitative estimate of drug-likeness (QED) is 0.800. The molecule has 84 valence electrons. The zero-order valence-corrected chi connectivity index (χ0v) is 9.57. The minimum absolute atomic E-state index is 0.355. The predicted molar refractivity (Wildman–Crippen MR) is 65.2 cm³/mol. The van der Waals surface area contributed by atoms with Crippen LogP contribution in [0.2, 0.25) is 5.02 Å². The lowest BCUT2D eigenvalue weighted by atomic mass is 10.00. The summed E-state index contributed by atoms with van der Waals surface area (Å²) in [6.07, 6.45) is 2.88. The van der Waals surface area contributed by atoms with E-state index in [2.05, 4.69) is 0 Å². The Morgan fingerprint density at radius 3 is 2.50 bits per heavy atom. The third-order valence-corrected chi connectivity index (χ3v) is 2.99. The maximum absolute atomic E-state index is 10.9. The van der Waals surface area contributed by atoms with Crippen molar-refractivity contribution < 1.29 is 4.79 Å². The van der Waals surface area contributed by atoms with Crippen LogP contribution in [0.15, 0.2) is 30.3 Å². The van der Waals surface area contributed by atoms with Gasteiger partial charge in [-0.25, -0.2) is 4.79 Å². The average molecular weight is 237 g/mol. The van der Waals surface area contributed by atoms with Crippen LogP contribution in [0.5, 0.6) is 0 Å².